The van der Waals surface area contributed by atoms with Crippen LogP contribution in [0.5, 0.6) is 11.5 Å². The standard InChI is InChI=1S/C58H57N3O2/c1-7-21-45-43(10-4)55(56(59)58(63)57(45)62)48-30-20-32-52-54(48)47-28-17-18-31-51(47)61(52)42-33-34-44(38(6)35-42)53-39(9-3)27-19-29-46(53)49(22-8-2)60-50(41-25-15-12-16-26-41)36-37(5)40-23-13-11-14-24-40/h9-17,19-20,22-30,32-36,50,60,62-63H,3-4,7-8,18,21,31,59H2,1-2,5-6H3/b37-36+,49-22+. The molecule has 1 aliphatic rings. The van der Waals surface area contributed by atoms with Gasteiger partial charge in [-0.15, -0.1) is 0 Å². The molecule has 63 heavy (non-hydrogen) atoms. The molecule has 0 fully saturated rings. The van der Waals surface area contributed by atoms with Crippen LogP contribution in [0.2, 0.25) is 0 Å². The lowest BCUT2D eigenvalue weighted by atomic mass is 9.87. The summed E-state index contributed by atoms with van der Waals surface area (Å²) in [6, 6.07) is 40.7. The van der Waals surface area contributed by atoms with Crippen LogP contribution < -0.4 is 11.1 Å². The second-order valence-electron chi connectivity index (χ2n) is 16.4. The highest BCUT2D eigenvalue weighted by atomic mass is 16.3. The lowest BCUT2D eigenvalue weighted by Crippen LogP contribution is -2.19. The van der Waals surface area contributed by atoms with Crippen LogP contribution in [0.4, 0.5) is 5.69 Å². The molecular formula is C58H57N3O2. The second kappa shape index (κ2) is 18.4. The molecule has 5 N–H and O–H groups in total. The molecule has 1 aromatic heterocycles. The number of fused-ring (bicyclic) bond motifs is 3. The zero-order valence-corrected chi connectivity index (χ0v) is 36.9. The van der Waals surface area contributed by atoms with E-state index in [0.29, 0.717) is 17.5 Å². The van der Waals surface area contributed by atoms with E-state index in [9.17, 15) is 10.2 Å². The van der Waals surface area contributed by atoms with Crippen molar-refractivity contribution in [1.29, 1.82) is 0 Å². The number of hydrogen-bond acceptors (Lipinski definition) is 4. The van der Waals surface area contributed by atoms with E-state index in [2.05, 4.69) is 190 Å². The molecule has 5 nitrogen and oxygen atoms in total. The van der Waals surface area contributed by atoms with E-state index in [-0.39, 0.29) is 23.2 Å². The Morgan fingerprint density at radius 3 is 2.29 bits per heavy atom. The van der Waals surface area contributed by atoms with Crippen molar-refractivity contribution in [1.82, 2.24) is 9.88 Å². The van der Waals surface area contributed by atoms with Crippen molar-refractivity contribution in [3.05, 3.63) is 197 Å². The maximum absolute atomic E-state index is 11.2. The molecule has 1 unspecified atom stereocenters. The van der Waals surface area contributed by atoms with Gasteiger partial charge in [0.05, 0.1) is 17.2 Å². The predicted molar refractivity (Wildman–Crippen MR) is 269 cm³/mol. The van der Waals surface area contributed by atoms with E-state index in [1.54, 1.807) is 6.08 Å². The Balaban J connectivity index is 1.27. The van der Waals surface area contributed by atoms with Crippen molar-refractivity contribution < 1.29 is 10.2 Å². The van der Waals surface area contributed by atoms with E-state index in [1.807, 2.05) is 6.08 Å². The average Bonchev–Trinajstić information content (AvgIpc) is 3.66. The number of hydrogen-bond donors (Lipinski definition) is 4. The van der Waals surface area contributed by atoms with Crippen LogP contribution in [0.15, 0.2) is 147 Å². The molecule has 8 rings (SSSR count). The third-order valence-electron chi connectivity index (χ3n) is 12.4. The van der Waals surface area contributed by atoms with Gasteiger partial charge in [-0.05, 0) is 108 Å². The van der Waals surface area contributed by atoms with E-state index in [0.717, 1.165) is 92.5 Å². The SMILES string of the molecule is C=Cc1cccc(/C(=C\CC)NC(/C=C(\C)c2ccccc2)c2ccccc2)c1-c1ccc(-n2c3c(c4c(-c5c(N)c(O)c(O)c(CCC)c5C=C)cccc42)C=CCC3)cc1C. The first-order chi connectivity index (χ1) is 30.7. The van der Waals surface area contributed by atoms with Crippen LogP contribution in [-0.4, -0.2) is 14.8 Å². The van der Waals surface area contributed by atoms with Gasteiger partial charge < -0.3 is 25.8 Å². The summed E-state index contributed by atoms with van der Waals surface area (Å²) >= 11 is 0. The third-order valence-corrected chi connectivity index (χ3v) is 12.4. The number of rotatable bonds is 14. The molecule has 0 amide bonds. The zero-order valence-electron chi connectivity index (χ0n) is 36.9. The quantitative estimate of drug-likeness (QED) is 0.0650. The summed E-state index contributed by atoms with van der Waals surface area (Å²) in [4.78, 5) is 0. The highest BCUT2D eigenvalue weighted by molar-refractivity contribution is 6.08. The molecule has 0 radical (unpaired) electrons. The van der Waals surface area contributed by atoms with Crippen LogP contribution >= 0.6 is 0 Å². The molecule has 5 heteroatoms. The first kappa shape index (κ1) is 42.5. The van der Waals surface area contributed by atoms with Crippen molar-refractivity contribution in [2.45, 2.75) is 65.8 Å². The Hall–Kier alpha value is -7.24. The zero-order chi connectivity index (χ0) is 44.2. The Morgan fingerprint density at radius 2 is 1.59 bits per heavy atom. The molecular weight excluding hydrogens is 771 g/mol. The van der Waals surface area contributed by atoms with E-state index >= 15 is 0 Å². The Morgan fingerprint density at radius 1 is 0.841 bits per heavy atom. The molecule has 1 atom stereocenters. The number of aromatic nitrogens is 1. The predicted octanol–water partition coefficient (Wildman–Crippen LogP) is 14.6. The molecule has 0 saturated heterocycles. The van der Waals surface area contributed by atoms with E-state index < -0.39 is 0 Å². The molecule has 0 spiro atoms. The van der Waals surface area contributed by atoms with Gasteiger partial charge in [0.1, 0.15) is 0 Å². The van der Waals surface area contributed by atoms with E-state index in [1.165, 1.54) is 22.4 Å². The maximum Gasteiger partial charge on any atom is 0.181 e. The van der Waals surface area contributed by atoms with E-state index in [4.69, 9.17) is 5.73 Å². The Bertz CT molecular complexity index is 2950. The van der Waals surface area contributed by atoms with Crippen molar-refractivity contribution in [3.63, 3.8) is 0 Å². The lowest BCUT2D eigenvalue weighted by molar-refractivity contribution is 0.401. The number of nitrogen functional groups attached to an aromatic ring is 1. The van der Waals surface area contributed by atoms with Crippen molar-refractivity contribution in [2.24, 2.45) is 0 Å². The van der Waals surface area contributed by atoms with Gasteiger partial charge >= 0.3 is 0 Å². The molecule has 316 valence electrons. The average molecular weight is 828 g/mol. The fourth-order valence-electron chi connectivity index (χ4n) is 9.48. The highest BCUT2D eigenvalue weighted by Gasteiger charge is 2.27. The normalized spacial score (nSPS) is 13.2. The molecule has 6 aromatic carbocycles. The molecule has 7 aromatic rings. The summed E-state index contributed by atoms with van der Waals surface area (Å²) in [5, 5.41) is 27.3. The van der Waals surface area contributed by atoms with Gasteiger partial charge in [0.2, 0.25) is 0 Å². The van der Waals surface area contributed by atoms with Crippen LogP contribution in [0.3, 0.4) is 0 Å². The minimum atomic E-state index is -0.285. The number of anilines is 1. The summed E-state index contributed by atoms with van der Waals surface area (Å²) in [5.74, 6) is -0.456. The van der Waals surface area contributed by atoms with Gasteiger partial charge in [0.15, 0.2) is 11.5 Å². The van der Waals surface area contributed by atoms with Gasteiger partial charge in [0.25, 0.3) is 0 Å². The van der Waals surface area contributed by atoms with Crippen LogP contribution in [0.25, 0.3) is 68.3 Å². The number of benzene rings is 6. The summed E-state index contributed by atoms with van der Waals surface area (Å²) < 4.78 is 2.39. The summed E-state index contributed by atoms with van der Waals surface area (Å²) in [6.07, 6.45) is 16.8. The Labute approximate surface area is 372 Å². The van der Waals surface area contributed by atoms with Gasteiger partial charge in [-0.1, -0.05) is 167 Å². The number of phenolic OH excluding ortho intramolecular Hbond substituents is 2. The van der Waals surface area contributed by atoms with Crippen LogP contribution in [0.1, 0.15) is 96.3 Å². The molecule has 1 heterocycles. The minimum absolute atomic E-state index is 0.0817. The summed E-state index contributed by atoms with van der Waals surface area (Å²) in [6.45, 7) is 17.1. The van der Waals surface area contributed by atoms with Gasteiger partial charge in [0, 0.05) is 44.7 Å². The minimum Gasteiger partial charge on any atom is -0.504 e. The first-order valence-corrected chi connectivity index (χ1v) is 22.1. The summed E-state index contributed by atoms with van der Waals surface area (Å²) in [5.41, 5.74) is 24.6. The fraction of sp³-hybridized carbons (Fsp3) is 0.172. The highest BCUT2D eigenvalue weighted by Crippen LogP contribution is 2.50. The number of allylic oxidation sites excluding steroid dienone is 3. The van der Waals surface area contributed by atoms with Crippen LogP contribution in [0, 0.1) is 6.92 Å². The molecule has 0 saturated carbocycles. The summed E-state index contributed by atoms with van der Waals surface area (Å²) in [7, 11) is 0. The molecule has 0 bridgehead atoms. The van der Waals surface area contributed by atoms with Crippen molar-refractivity contribution in [3.8, 4) is 39.4 Å². The second-order valence-corrected chi connectivity index (χ2v) is 16.4. The largest absolute Gasteiger partial charge is 0.504 e. The van der Waals surface area contributed by atoms with Gasteiger partial charge in [-0.2, -0.15) is 0 Å². The van der Waals surface area contributed by atoms with Gasteiger partial charge in [-0.3, -0.25) is 0 Å². The Kier molecular flexibility index (Phi) is 12.4. The first-order valence-electron chi connectivity index (χ1n) is 22.1. The maximum atomic E-state index is 11.2. The number of aromatic hydroxyl groups is 2. The number of aryl methyl sites for hydroxylation is 1. The number of phenols is 2. The third kappa shape index (κ3) is 7.92. The smallest absolute Gasteiger partial charge is 0.181 e. The van der Waals surface area contributed by atoms with Crippen molar-refractivity contribution >= 4 is 46.1 Å². The molecule has 1 aliphatic carbocycles. The topological polar surface area (TPSA) is 83.4 Å². The van der Waals surface area contributed by atoms with Crippen molar-refractivity contribution in [2.75, 3.05) is 5.73 Å². The lowest BCUT2D eigenvalue weighted by Gasteiger charge is -2.24. The number of nitrogens with one attached hydrogen (secondary N) is 1. The van der Waals surface area contributed by atoms with Gasteiger partial charge in [-0.25, -0.2) is 0 Å². The number of nitrogens with zero attached hydrogens (tertiary/aromatic N) is 1. The fourth-order valence-corrected chi connectivity index (χ4v) is 9.48. The number of nitrogens with two attached hydrogens (primary N) is 1. The molecule has 0 aliphatic heterocycles. The van der Waals surface area contributed by atoms with Crippen LogP contribution in [-0.2, 0) is 12.8 Å². The monoisotopic (exact) mass is 827 g/mol.